The molecule has 4 aromatic rings. The first-order valence-electron chi connectivity index (χ1n) is 11.1. The van der Waals surface area contributed by atoms with Crippen molar-refractivity contribution < 1.29 is 13.9 Å². The smallest absolute Gasteiger partial charge is 0.275 e. The highest BCUT2D eigenvalue weighted by Gasteiger charge is 2.46. The van der Waals surface area contributed by atoms with Crippen molar-refractivity contribution in [3.63, 3.8) is 0 Å². The number of nitrogens with zero attached hydrogens (tertiary/aromatic N) is 6. The van der Waals surface area contributed by atoms with E-state index >= 15 is 0 Å². The average molecular weight is 466 g/mol. The highest BCUT2D eigenvalue weighted by atomic mass is 19.3. The second kappa shape index (κ2) is 8.60. The highest BCUT2D eigenvalue weighted by Crippen LogP contribution is 2.37. The number of rotatable bonds is 5. The van der Waals surface area contributed by atoms with Gasteiger partial charge < -0.3 is 10.4 Å². The zero-order valence-corrected chi connectivity index (χ0v) is 18.9. The van der Waals surface area contributed by atoms with Gasteiger partial charge in [-0.2, -0.15) is 10.2 Å². The van der Waals surface area contributed by atoms with Crippen LogP contribution in [0.1, 0.15) is 19.3 Å². The number of hydrogen-bond acceptors (Lipinski definition) is 6. The minimum absolute atomic E-state index is 0.315. The van der Waals surface area contributed by atoms with Gasteiger partial charge in [0.05, 0.1) is 18.4 Å². The molecule has 0 saturated heterocycles. The van der Waals surface area contributed by atoms with E-state index in [0.29, 0.717) is 30.0 Å². The Bertz CT molecular complexity index is 1320. The van der Waals surface area contributed by atoms with Crippen LogP contribution in [0, 0.1) is 0 Å². The average Bonchev–Trinajstić information content (AvgIpc) is 3.45. The molecule has 1 aliphatic rings. The molecule has 0 aliphatic heterocycles. The molecule has 0 amide bonds. The van der Waals surface area contributed by atoms with Crippen LogP contribution in [0.3, 0.4) is 0 Å². The van der Waals surface area contributed by atoms with E-state index < -0.39 is 18.1 Å². The number of aryl methyl sites for hydroxylation is 2. The van der Waals surface area contributed by atoms with Crippen LogP contribution in [0.2, 0.25) is 0 Å². The van der Waals surface area contributed by atoms with Crippen LogP contribution in [0.25, 0.3) is 33.6 Å². The van der Waals surface area contributed by atoms with E-state index in [9.17, 15) is 13.9 Å². The maximum absolute atomic E-state index is 14.2. The SMILES string of the molecule is Cn1cc(-c2cccc(-c3ncc(-c4cnn(C)c4)c(NC4CCCC(F)(F)[C@H]4O)n3)c2)cn1. The van der Waals surface area contributed by atoms with Crippen molar-refractivity contribution in [2.24, 2.45) is 14.1 Å². The Kier molecular flexibility index (Phi) is 5.60. The molecule has 176 valence electrons. The van der Waals surface area contributed by atoms with Gasteiger partial charge in [0, 0.05) is 61.4 Å². The fraction of sp³-hybridized carbons (Fsp3) is 0.333. The van der Waals surface area contributed by atoms with E-state index in [1.54, 1.807) is 41.2 Å². The third kappa shape index (κ3) is 4.28. The third-order valence-corrected chi connectivity index (χ3v) is 6.12. The highest BCUT2D eigenvalue weighted by molar-refractivity contribution is 5.76. The Labute approximate surface area is 195 Å². The number of aliphatic hydroxyl groups is 1. The third-order valence-electron chi connectivity index (χ3n) is 6.12. The summed E-state index contributed by atoms with van der Waals surface area (Å²) in [5, 5.41) is 21.8. The van der Waals surface area contributed by atoms with Gasteiger partial charge in [0.1, 0.15) is 11.9 Å². The maximum Gasteiger partial charge on any atom is 0.275 e. The van der Waals surface area contributed by atoms with Crippen molar-refractivity contribution in [1.82, 2.24) is 29.5 Å². The summed E-state index contributed by atoms with van der Waals surface area (Å²) in [7, 11) is 3.65. The summed E-state index contributed by atoms with van der Waals surface area (Å²) in [4.78, 5) is 9.27. The van der Waals surface area contributed by atoms with E-state index in [-0.39, 0.29) is 6.42 Å². The summed E-state index contributed by atoms with van der Waals surface area (Å²) in [5.41, 5.74) is 4.07. The monoisotopic (exact) mass is 465 g/mol. The summed E-state index contributed by atoms with van der Waals surface area (Å²) in [6, 6.07) is 6.91. The van der Waals surface area contributed by atoms with Crippen molar-refractivity contribution in [2.75, 3.05) is 5.32 Å². The van der Waals surface area contributed by atoms with Crippen molar-refractivity contribution in [3.8, 4) is 33.6 Å². The second-order valence-corrected chi connectivity index (χ2v) is 8.69. The van der Waals surface area contributed by atoms with Gasteiger partial charge in [0.15, 0.2) is 5.82 Å². The second-order valence-electron chi connectivity index (χ2n) is 8.69. The van der Waals surface area contributed by atoms with Crippen LogP contribution in [-0.4, -0.2) is 52.7 Å². The molecule has 0 bridgehead atoms. The predicted octanol–water partition coefficient (Wildman–Crippen LogP) is 3.91. The molecule has 3 heterocycles. The molecular formula is C24H25F2N7O. The minimum atomic E-state index is -3.14. The molecule has 2 N–H and O–H groups in total. The number of hydrogen-bond donors (Lipinski definition) is 2. The fourth-order valence-electron chi connectivity index (χ4n) is 4.30. The molecule has 3 aromatic heterocycles. The lowest BCUT2D eigenvalue weighted by Gasteiger charge is -2.35. The molecule has 2 atom stereocenters. The first-order valence-corrected chi connectivity index (χ1v) is 11.1. The molecule has 1 aliphatic carbocycles. The number of halogens is 2. The van der Waals surface area contributed by atoms with E-state index in [0.717, 1.165) is 22.3 Å². The van der Waals surface area contributed by atoms with Crippen molar-refractivity contribution in [1.29, 1.82) is 0 Å². The molecule has 1 fully saturated rings. The van der Waals surface area contributed by atoms with Crippen LogP contribution in [-0.2, 0) is 14.1 Å². The summed E-state index contributed by atoms with van der Waals surface area (Å²) in [5.74, 6) is -2.32. The van der Waals surface area contributed by atoms with E-state index in [1.807, 2.05) is 37.5 Å². The number of aliphatic hydroxyl groups excluding tert-OH is 1. The van der Waals surface area contributed by atoms with Gasteiger partial charge in [-0.05, 0) is 24.5 Å². The largest absolute Gasteiger partial charge is 0.385 e. The van der Waals surface area contributed by atoms with E-state index in [2.05, 4.69) is 20.5 Å². The molecule has 10 heteroatoms. The Morgan fingerprint density at radius 2 is 1.71 bits per heavy atom. The van der Waals surface area contributed by atoms with Crippen molar-refractivity contribution >= 4 is 5.82 Å². The summed E-state index contributed by atoms with van der Waals surface area (Å²) < 4.78 is 31.8. The number of anilines is 1. The first kappa shape index (κ1) is 22.1. The Morgan fingerprint density at radius 3 is 2.41 bits per heavy atom. The lowest BCUT2D eigenvalue weighted by atomic mass is 9.89. The molecule has 1 unspecified atom stereocenters. The zero-order valence-electron chi connectivity index (χ0n) is 18.9. The maximum atomic E-state index is 14.2. The molecule has 1 saturated carbocycles. The number of aromatic nitrogens is 6. The summed E-state index contributed by atoms with van der Waals surface area (Å²) in [6.07, 6.45) is 7.44. The lowest BCUT2D eigenvalue weighted by molar-refractivity contribution is -0.135. The van der Waals surface area contributed by atoms with Gasteiger partial charge in [-0.1, -0.05) is 18.2 Å². The van der Waals surface area contributed by atoms with Crippen molar-refractivity contribution in [2.45, 2.75) is 37.3 Å². The Balaban J connectivity index is 1.54. The minimum Gasteiger partial charge on any atom is -0.385 e. The topological polar surface area (TPSA) is 93.7 Å². The molecular weight excluding hydrogens is 440 g/mol. The fourth-order valence-corrected chi connectivity index (χ4v) is 4.30. The quantitative estimate of drug-likeness (QED) is 0.464. The zero-order chi connectivity index (χ0) is 23.9. The number of benzene rings is 1. The number of nitrogens with one attached hydrogen (secondary N) is 1. The lowest BCUT2D eigenvalue weighted by Crippen LogP contribution is -2.49. The summed E-state index contributed by atoms with van der Waals surface area (Å²) >= 11 is 0. The molecule has 34 heavy (non-hydrogen) atoms. The van der Waals surface area contributed by atoms with Crippen LogP contribution in [0.4, 0.5) is 14.6 Å². The van der Waals surface area contributed by atoms with E-state index in [1.165, 1.54) is 0 Å². The molecule has 5 rings (SSSR count). The van der Waals surface area contributed by atoms with Gasteiger partial charge in [0.2, 0.25) is 0 Å². The van der Waals surface area contributed by atoms with Crippen molar-refractivity contribution in [3.05, 3.63) is 55.2 Å². The first-order chi connectivity index (χ1) is 16.3. The molecule has 0 radical (unpaired) electrons. The summed E-state index contributed by atoms with van der Waals surface area (Å²) in [6.45, 7) is 0. The molecule has 8 nitrogen and oxygen atoms in total. The Hall–Kier alpha value is -3.66. The van der Waals surface area contributed by atoms with E-state index in [4.69, 9.17) is 4.98 Å². The van der Waals surface area contributed by atoms with Gasteiger partial charge in [-0.3, -0.25) is 9.36 Å². The standard InChI is InChI=1S/C24H25F2N7O/c1-32-13-17(10-28-32)15-5-3-6-16(9-15)22-27-12-19(18-11-29-33(2)14-18)23(31-22)30-20-7-4-8-24(25,26)21(20)34/h3,5-6,9-14,20-21,34H,4,7-8H2,1-2H3,(H,27,30,31)/t20?,21-/m0/s1. The molecule has 1 aromatic carbocycles. The van der Waals surface area contributed by atoms with Gasteiger partial charge in [-0.15, -0.1) is 0 Å². The van der Waals surface area contributed by atoms with Gasteiger partial charge in [-0.25, -0.2) is 18.7 Å². The van der Waals surface area contributed by atoms with Crippen LogP contribution < -0.4 is 5.32 Å². The Morgan fingerprint density at radius 1 is 1.00 bits per heavy atom. The van der Waals surface area contributed by atoms with Crippen LogP contribution in [0.5, 0.6) is 0 Å². The van der Waals surface area contributed by atoms with Gasteiger partial charge in [0.25, 0.3) is 5.92 Å². The number of alkyl halides is 2. The normalized spacial score (nSPS) is 19.8. The van der Waals surface area contributed by atoms with Crippen LogP contribution >= 0.6 is 0 Å². The molecule has 0 spiro atoms. The van der Waals surface area contributed by atoms with Crippen LogP contribution in [0.15, 0.2) is 55.2 Å². The predicted molar refractivity (Wildman–Crippen MR) is 124 cm³/mol. The van der Waals surface area contributed by atoms with Gasteiger partial charge >= 0.3 is 0 Å².